The van der Waals surface area contributed by atoms with Gasteiger partial charge in [-0.2, -0.15) is 10.4 Å². The molecule has 0 unspecified atom stereocenters. The fraction of sp³-hybridized carbons (Fsp3) is 0. The molecule has 1 amide bonds. The molecule has 1 aromatic carbocycles. The monoisotopic (exact) mass is 263 g/mol. The van der Waals surface area contributed by atoms with Crippen molar-refractivity contribution in [3.8, 4) is 17.2 Å². The van der Waals surface area contributed by atoms with Crippen LogP contribution in [-0.4, -0.2) is 21.0 Å². The van der Waals surface area contributed by atoms with E-state index in [9.17, 15) is 4.79 Å². The Morgan fingerprint density at radius 1 is 1.20 bits per heavy atom. The lowest BCUT2D eigenvalue weighted by Crippen LogP contribution is -1.94. The summed E-state index contributed by atoms with van der Waals surface area (Å²) in [6.45, 7) is 0. The van der Waals surface area contributed by atoms with E-state index in [2.05, 4.69) is 15.4 Å². The Labute approximate surface area is 114 Å². The van der Waals surface area contributed by atoms with Gasteiger partial charge in [0.1, 0.15) is 11.6 Å². The molecule has 0 spiro atoms. The summed E-state index contributed by atoms with van der Waals surface area (Å²) in [5.41, 5.74) is 3.54. The smallest absolute Gasteiger partial charge is 0.211 e. The van der Waals surface area contributed by atoms with Crippen LogP contribution in [0.4, 0.5) is 5.69 Å². The maximum atomic E-state index is 10.3. The van der Waals surface area contributed by atoms with E-state index >= 15 is 0 Å². The number of anilines is 1. The maximum absolute atomic E-state index is 10.3. The highest BCUT2D eigenvalue weighted by Crippen LogP contribution is 2.21. The molecule has 0 saturated heterocycles. The molecule has 0 aliphatic heterocycles. The van der Waals surface area contributed by atoms with E-state index in [0.717, 1.165) is 16.8 Å². The van der Waals surface area contributed by atoms with Gasteiger partial charge in [-0.1, -0.05) is 12.1 Å². The molecule has 0 bridgehead atoms. The predicted octanol–water partition coefficient (Wildman–Crippen LogP) is 1.84. The molecular formula is C14H9N5O. The lowest BCUT2D eigenvalue weighted by molar-refractivity contribution is -0.105. The van der Waals surface area contributed by atoms with Crippen molar-refractivity contribution in [2.45, 2.75) is 0 Å². The Hall–Kier alpha value is -3.20. The van der Waals surface area contributed by atoms with Crippen LogP contribution in [0.3, 0.4) is 0 Å². The summed E-state index contributed by atoms with van der Waals surface area (Å²) < 4.78 is 1.57. The average molecular weight is 263 g/mol. The molecule has 3 aromatic rings. The summed E-state index contributed by atoms with van der Waals surface area (Å²) in [5, 5.41) is 15.6. The topological polar surface area (TPSA) is 83.1 Å². The molecule has 0 aliphatic rings. The Morgan fingerprint density at radius 2 is 2.00 bits per heavy atom. The standard InChI is InChI=1S/C14H9N5O/c15-5-11-7-18-19-8-12(6-16-14(11)19)10-1-3-13(4-2-10)17-9-20/h1-4,6-9H,(H,17,20). The van der Waals surface area contributed by atoms with Crippen LogP contribution < -0.4 is 5.32 Å². The minimum absolute atomic E-state index is 0.446. The lowest BCUT2D eigenvalue weighted by Gasteiger charge is -2.04. The van der Waals surface area contributed by atoms with Gasteiger partial charge in [0, 0.05) is 23.6 Å². The zero-order valence-electron chi connectivity index (χ0n) is 10.3. The first-order valence-electron chi connectivity index (χ1n) is 5.86. The highest BCUT2D eigenvalue weighted by molar-refractivity contribution is 5.73. The first kappa shape index (κ1) is 11.9. The van der Waals surface area contributed by atoms with Crippen molar-refractivity contribution in [3.05, 3.63) is 48.4 Å². The summed E-state index contributed by atoms with van der Waals surface area (Å²) in [4.78, 5) is 14.6. The number of nitrogens with one attached hydrogen (secondary N) is 1. The number of fused-ring (bicyclic) bond motifs is 1. The third kappa shape index (κ3) is 1.97. The molecule has 1 N–H and O–H groups in total. The summed E-state index contributed by atoms with van der Waals surface area (Å²) in [7, 11) is 0. The number of hydrogen-bond donors (Lipinski definition) is 1. The van der Waals surface area contributed by atoms with E-state index in [1.54, 1.807) is 22.8 Å². The molecule has 0 saturated carbocycles. The minimum Gasteiger partial charge on any atom is -0.329 e. The van der Waals surface area contributed by atoms with Crippen LogP contribution in [0.5, 0.6) is 0 Å². The summed E-state index contributed by atoms with van der Waals surface area (Å²) >= 11 is 0. The zero-order valence-corrected chi connectivity index (χ0v) is 10.3. The van der Waals surface area contributed by atoms with E-state index in [1.807, 2.05) is 24.4 Å². The number of carbonyl (C=O) groups is 1. The molecule has 20 heavy (non-hydrogen) atoms. The molecule has 96 valence electrons. The van der Waals surface area contributed by atoms with Gasteiger partial charge in [0.25, 0.3) is 0 Å². The molecule has 6 heteroatoms. The van der Waals surface area contributed by atoms with E-state index < -0.39 is 0 Å². The SMILES string of the molecule is N#Cc1cnn2cc(-c3ccc(NC=O)cc3)cnc12. The number of aromatic nitrogens is 3. The first-order chi connectivity index (χ1) is 9.81. The average Bonchev–Trinajstić information content (AvgIpc) is 2.90. The first-order valence-corrected chi connectivity index (χ1v) is 5.86. The van der Waals surface area contributed by atoms with Crippen molar-refractivity contribution >= 4 is 17.7 Å². The molecular weight excluding hydrogens is 254 g/mol. The number of rotatable bonds is 3. The number of hydrogen-bond acceptors (Lipinski definition) is 4. The largest absolute Gasteiger partial charge is 0.329 e. The second-order valence-electron chi connectivity index (χ2n) is 4.12. The van der Waals surface area contributed by atoms with Crippen molar-refractivity contribution in [2.75, 3.05) is 5.32 Å². The number of nitriles is 1. The third-order valence-corrected chi connectivity index (χ3v) is 2.92. The van der Waals surface area contributed by atoms with Crippen LogP contribution in [0.2, 0.25) is 0 Å². The van der Waals surface area contributed by atoms with Gasteiger partial charge >= 0.3 is 0 Å². The Balaban J connectivity index is 2.01. The van der Waals surface area contributed by atoms with Gasteiger partial charge in [-0.15, -0.1) is 0 Å². The Bertz CT molecular complexity index is 814. The normalized spacial score (nSPS) is 10.2. The number of benzene rings is 1. The van der Waals surface area contributed by atoms with Gasteiger partial charge in [-0.05, 0) is 17.7 Å². The van der Waals surface area contributed by atoms with Gasteiger partial charge in [-0.3, -0.25) is 4.79 Å². The van der Waals surface area contributed by atoms with Crippen molar-refractivity contribution in [3.63, 3.8) is 0 Å². The highest BCUT2D eigenvalue weighted by Gasteiger charge is 2.06. The molecule has 0 radical (unpaired) electrons. The number of nitrogens with zero attached hydrogens (tertiary/aromatic N) is 4. The fourth-order valence-corrected chi connectivity index (χ4v) is 1.93. The van der Waals surface area contributed by atoms with Crippen LogP contribution in [0.1, 0.15) is 5.56 Å². The van der Waals surface area contributed by atoms with Gasteiger partial charge < -0.3 is 5.32 Å². The summed E-state index contributed by atoms with van der Waals surface area (Å²) in [6, 6.07) is 9.41. The summed E-state index contributed by atoms with van der Waals surface area (Å²) in [6.07, 6.45) is 5.63. The Morgan fingerprint density at radius 3 is 2.70 bits per heavy atom. The number of carbonyl (C=O) groups excluding carboxylic acids is 1. The van der Waals surface area contributed by atoms with Gasteiger partial charge in [0.2, 0.25) is 6.41 Å². The fourth-order valence-electron chi connectivity index (χ4n) is 1.93. The number of amides is 1. The van der Waals surface area contributed by atoms with Crippen LogP contribution in [0, 0.1) is 11.3 Å². The molecule has 0 fully saturated rings. The van der Waals surface area contributed by atoms with Gasteiger partial charge in [0.05, 0.1) is 6.20 Å². The molecule has 6 nitrogen and oxygen atoms in total. The van der Waals surface area contributed by atoms with E-state index in [4.69, 9.17) is 5.26 Å². The zero-order chi connectivity index (χ0) is 13.9. The second-order valence-corrected chi connectivity index (χ2v) is 4.12. The molecule has 2 aromatic heterocycles. The van der Waals surface area contributed by atoms with Crippen LogP contribution >= 0.6 is 0 Å². The van der Waals surface area contributed by atoms with E-state index in [1.165, 1.54) is 6.20 Å². The predicted molar refractivity (Wildman–Crippen MR) is 72.8 cm³/mol. The second kappa shape index (κ2) is 4.82. The minimum atomic E-state index is 0.446. The summed E-state index contributed by atoms with van der Waals surface area (Å²) in [5.74, 6) is 0. The van der Waals surface area contributed by atoms with Crippen LogP contribution in [0.15, 0.2) is 42.9 Å². The van der Waals surface area contributed by atoms with E-state index in [-0.39, 0.29) is 0 Å². The molecule has 3 rings (SSSR count). The lowest BCUT2D eigenvalue weighted by atomic mass is 10.1. The van der Waals surface area contributed by atoms with E-state index in [0.29, 0.717) is 17.6 Å². The maximum Gasteiger partial charge on any atom is 0.211 e. The van der Waals surface area contributed by atoms with Gasteiger partial charge in [0.15, 0.2) is 5.65 Å². The van der Waals surface area contributed by atoms with Crippen LogP contribution in [0.25, 0.3) is 16.8 Å². The van der Waals surface area contributed by atoms with Crippen molar-refractivity contribution in [1.29, 1.82) is 5.26 Å². The third-order valence-electron chi connectivity index (χ3n) is 2.92. The van der Waals surface area contributed by atoms with Crippen molar-refractivity contribution in [2.24, 2.45) is 0 Å². The molecule has 0 aliphatic carbocycles. The quantitative estimate of drug-likeness (QED) is 0.731. The van der Waals surface area contributed by atoms with Crippen LogP contribution in [-0.2, 0) is 4.79 Å². The molecule has 0 atom stereocenters. The Kier molecular flexibility index (Phi) is 2.86. The van der Waals surface area contributed by atoms with Crippen molar-refractivity contribution < 1.29 is 4.79 Å². The molecule has 2 heterocycles. The van der Waals surface area contributed by atoms with Crippen molar-refractivity contribution in [1.82, 2.24) is 14.6 Å². The highest BCUT2D eigenvalue weighted by atomic mass is 16.1. The van der Waals surface area contributed by atoms with Gasteiger partial charge in [-0.25, -0.2) is 9.50 Å².